The molecule has 2 heterocycles. The van der Waals surface area contributed by atoms with Crippen molar-refractivity contribution < 1.29 is 9.84 Å². The number of halogens is 1. The van der Waals surface area contributed by atoms with Gasteiger partial charge in [0.15, 0.2) is 5.96 Å². The van der Waals surface area contributed by atoms with Crippen molar-refractivity contribution in [1.29, 1.82) is 0 Å². The highest BCUT2D eigenvalue weighted by Crippen LogP contribution is 2.29. The lowest BCUT2D eigenvalue weighted by Crippen LogP contribution is -2.49. The first-order valence-electron chi connectivity index (χ1n) is 10.2. The lowest BCUT2D eigenvalue weighted by molar-refractivity contribution is 0.0573. The van der Waals surface area contributed by atoms with Crippen molar-refractivity contribution in [3.05, 3.63) is 0 Å². The van der Waals surface area contributed by atoms with E-state index in [0.29, 0.717) is 12.6 Å². The maximum absolute atomic E-state index is 10.5. The average Bonchev–Trinajstić information content (AvgIpc) is 3.27. The second-order valence-corrected chi connectivity index (χ2v) is 8.08. The quantitative estimate of drug-likeness (QED) is 0.308. The molecule has 7 heteroatoms. The summed E-state index contributed by atoms with van der Waals surface area (Å²) >= 11 is 0. The Hall–Kier alpha value is -0.120. The normalized spacial score (nSPS) is 27.3. The Labute approximate surface area is 175 Å². The summed E-state index contributed by atoms with van der Waals surface area (Å²) in [6.45, 7) is 8.83. The minimum atomic E-state index is -0.574. The van der Waals surface area contributed by atoms with E-state index in [0.717, 1.165) is 83.3 Å². The van der Waals surface area contributed by atoms with E-state index in [4.69, 9.17) is 4.74 Å². The molecule has 0 spiro atoms. The van der Waals surface area contributed by atoms with Gasteiger partial charge in [-0.15, -0.1) is 24.0 Å². The molecular formula is C19H37IN4O2. The predicted octanol–water partition coefficient (Wildman–Crippen LogP) is 1.97. The van der Waals surface area contributed by atoms with E-state index in [1.54, 1.807) is 0 Å². The summed E-state index contributed by atoms with van der Waals surface area (Å²) in [5.41, 5.74) is -0.574. The zero-order chi connectivity index (χ0) is 17.5. The van der Waals surface area contributed by atoms with Crippen LogP contribution < -0.4 is 10.6 Å². The van der Waals surface area contributed by atoms with Gasteiger partial charge >= 0.3 is 0 Å². The molecule has 0 aromatic rings. The molecule has 6 nitrogen and oxygen atoms in total. The van der Waals surface area contributed by atoms with Crippen LogP contribution in [0, 0.1) is 5.92 Å². The van der Waals surface area contributed by atoms with Gasteiger partial charge in [0.05, 0.1) is 18.8 Å². The van der Waals surface area contributed by atoms with Gasteiger partial charge in [0, 0.05) is 38.8 Å². The van der Waals surface area contributed by atoms with E-state index >= 15 is 0 Å². The molecule has 0 radical (unpaired) electrons. The summed E-state index contributed by atoms with van der Waals surface area (Å²) in [5.74, 6) is 1.60. The summed E-state index contributed by atoms with van der Waals surface area (Å²) in [6, 6.07) is 0.479. The van der Waals surface area contributed by atoms with Gasteiger partial charge in [-0.25, -0.2) is 0 Å². The number of aliphatic hydroxyl groups is 1. The largest absolute Gasteiger partial charge is 0.388 e. The molecule has 152 valence electrons. The molecule has 0 bridgehead atoms. The molecular weight excluding hydrogens is 443 g/mol. The number of likely N-dealkylation sites (tertiary alicyclic amines) is 1. The van der Waals surface area contributed by atoms with Crippen molar-refractivity contribution >= 4 is 29.9 Å². The maximum Gasteiger partial charge on any atom is 0.191 e. The van der Waals surface area contributed by atoms with Crippen molar-refractivity contribution in [1.82, 2.24) is 15.5 Å². The number of hydrogen-bond donors (Lipinski definition) is 3. The third-order valence-corrected chi connectivity index (χ3v) is 5.88. The lowest BCUT2D eigenvalue weighted by Gasteiger charge is -2.34. The van der Waals surface area contributed by atoms with Gasteiger partial charge < -0.3 is 25.4 Å². The van der Waals surface area contributed by atoms with Crippen LogP contribution >= 0.6 is 24.0 Å². The van der Waals surface area contributed by atoms with Crippen molar-refractivity contribution in [3.8, 4) is 0 Å². The number of hydrogen-bond acceptors (Lipinski definition) is 4. The number of ether oxygens (including phenoxy) is 1. The third kappa shape index (κ3) is 6.80. The van der Waals surface area contributed by atoms with E-state index in [2.05, 4.69) is 27.4 Å². The fraction of sp³-hybridized carbons (Fsp3) is 0.947. The average molecular weight is 480 g/mol. The van der Waals surface area contributed by atoms with Gasteiger partial charge in [0.25, 0.3) is 0 Å². The van der Waals surface area contributed by atoms with Gasteiger partial charge in [0.1, 0.15) is 0 Å². The highest BCUT2D eigenvalue weighted by molar-refractivity contribution is 14.0. The Kier molecular flexibility index (Phi) is 9.40. The Balaban J connectivity index is 0.00000243. The van der Waals surface area contributed by atoms with Gasteiger partial charge in [-0.3, -0.25) is 4.99 Å². The molecule has 3 aliphatic rings. The minimum absolute atomic E-state index is 0. The molecule has 3 N–H and O–H groups in total. The SMILES string of the molecule is CCNC(=NCC1(O)CCCC1)NC1CCN(CC2CCOC2)CC1.I. The van der Waals surface area contributed by atoms with Crippen LogP contribution in [0.15, 0.2) is 4.99 Å². The number of guanidine groups is 1. The minimum Gasteiger partial charge on any atom is -0.388 e. The van der Waals surface area contributed by atoms with Crippen LogP contribution in [0.25, 0.3) is 0 Å². The van der Waals surface area contributed by atoms with Gasteiger partial charge in [-0.1, -0.05) is 12.8 Å². The lowest BCUT2D eigenvalue weighted by atomic mass is 10.0. The van der Waals surface area contributed by atoms with Gasteiger partial charge in [-0.2, -0.15) is 0 Å². The maximum atomic E-state index is 10.5. The molecule has 1 saturated carbocycles. The third-order valence-electron chi connectivity index (χ3n) is 5.88. The number of nitrogens with one attached hydrogen (secondary N) is 2. The van der Waals surface area contributed by atoms with Crippen molar-refractivity contribution in [2.24, 2.45) is 10.9 Å². The first-order valence-corrected chi connectivity index (χ1v) is 10.2. The van der Waals surface area contributed by atoms with Crippen LogP contribution in [-0.4, -0.2) is 73.5 Å². The van der Waals surface area contributed by atoms with Crippen LogP contribution in [0.2, 0.25) is 0 Å². The monoisotopic (exact) mass is 480 g/mol. The number of nitrogens with zero attached hydrogens (tertiary/aromatic N) is 2. The predicted molar refractivity (Wildman–Crippen MR) is 116 cm³/mol. The zero-order valence-electron chi connectivity index (χ0n) is 16.2. The fourth-order valence-corrected chi connectivity index (χ4v) is 4.28. The summed E-state index contributed by atoms with van der Waals surface area (Å²) in [5, 5.41) is 17.4. The van der Waals surface area contributed by atoms with Gasteiger partial charge in [-0.05, 0) is 44.9 Å². The molecule has 26 heavy (non-hydrogen) atoms. The standard InChI is InChI=1S/C19H36N4O2.HI/c1-2-20-18(21-15-19(24)8-3-4-9-19)22-17-5-10-23(11-6-17)13-16-7-12-25-14-16;/h16-17,24H,2-15H2,1H3,(H2,20,21,22);1H. The number of aliphatic imine (C=N–C) groups is 1. The summed E-state index contributed by atoms with van der Waals surface area (Å²) in [7, 11) is 0. The second-order valence-electron chi connectivity index (χ2n) is 8.08. The van der Waals surface area contributed by atoms with E-state index in [1.165, 1.54) is 13.0 Å². The zero-order valence-corrected chi connectivity index (χ0v) is 18.5. The summed E-state index contributed by atoms with van der Waals surface area (Å²) < 4.78 is 5.49. The van der Waals surface area contributed by atoms with Crippen molar-refractivity contribution in [2.45, 2.75) is 63.5 Å². The highest BCUT2D eigenvalue weighted by atomic mass is 127. The first-order chi connectivity index (χ1) is 12.2. The Morgan fingerprint density at radius 3 is 2.58 bits per heavy atom. The van der Waals surface area contributed by atoms with Gasteiger partial charge in [0.2, 0.25) is 0 Å². The molecule has 1 aliphatic carbocycles. The van der Waals surface area contributed by atoms with Crippen LogP contribution in [0.1, 0.15) is 51.9 Å². The molecule has 1 atom stereocenters. The summed E-state index contributed by atoms with van der Waals surface area (Å²) in [6.07, 6.45) is 7.56. The van der Waals surface area contributed by atoms with Crippen LogP contribution in [0.5, 0.6) is 0 Å². The van der Waals surface area contributed by atoms with Crippen LogP contribution in [0.4, 0.5) is 0 Å². The van der Waals surface area contributed by atoms with Crippen LogP contribution in [0.3, 0.4) is 0 Å². The molecule has 3 rings (SSSR count). The number of piperidine rings is 1. The fourth-order valence-electron chi connectivity index (χ4n) is 4.28. The molecule has 2 saturated heterocycles. The topological polar surface area (TPSA) is 69.1 Å². The molecule has 3 fully saturated rings. The van der Waals surface area contributed by atoms with E-state index in [-0.39, 0.29) is 24.0 Å². The molecule has 0 amide bonds. The summed E-state index contributed by atoms with van der Waals surface area (Å²) in [4.78, 5) is 7.26. The van der Waals surface area contributed by atoms with Crippen molar-refractivity contribution in [2.75, 3.05) is 45.9 Å². The number of rotatable bonds is 6. The van der Waals surface area contributed by atoms with Crippen LogP contribution in [-0.2, 0) is 4.74 Å². The highest BCUT2D eigenvalue weighted by Gasteiger charge is 2.31. The smallest absolute Gasteiger partial charge is 0.191 e. The first kappa shape index (κ1) is 22.2. The molecule has 0 aromatic heterocycles. The molecule has 1 unspecified atom stereocenters. The van der Waals surface area contributed by atoms with E-state index in [1.807, 2.05) is 0 Å². The molecule has 2 aliphatic heterocycles. The Morgan fingerprint density at radius 2 is 1.96 bits per heavy atom. The van der Waals surface area contributed by atoms with E-state index < -0.39 is 5.60 Å². The second kappa shape index (κ2) is 11.0. The van der Waals surface area contributed by atoms with E-state index in [9.17, 15) is 5.11 Å². The van der Waals surface area contributed by atoms with Crippen molar-refractivity contribution in [3.63, 3.8) is 0 Å². The molecule has 0 aromatic carbocycles. The Morgan fingerprint density at radius 1 is 1.23 bits per heavy atom. The Bertz CT molecular complexity index is 429.